The lowest BCUT2D eigenvalue weighted by atomic mass is 10.2. The zero-order valence-corrected chi connectivity index (χ0v) is 14.0. The molecule has 23 heavy (non-hydrogen) atoms. The fraction of sp³-hybridized carbons (Fsp3) is 0.588. The lowest BCUT2D eigenvalue weighted by Crippen LogP contribution is -2.37. The monoisotopic (exact) mass is 321 g/mol. The highest BCUT2D eigenvalue weighted by atomic mass is 16.5. The van der Waals surface area contributed by atoms with Crippen molar-refractivity contribution in [2.75, 3.05) is 40.5 Å². The van der Waals surface area contributed by atoms with E-state index in [2.05, 4.69) is 15.6 Å². The number of guanidine groups is 1. The Bertz CT molecular complexity index is 470. The van der Waals surface area contributed by atoms with Gasteiger partial charge in [-0.2, -0.15) is 0 Å². The zero-order valence-electron chi connectivity index (χ0n) is 14.0. The van der Waals surface area contributed by atoms with E-state index in [9.17, 15) is 0 Å². The van der Waals surface area contributed by atoms with Crippen molar-refractivity contribution in [1.82, 2.24) is 10.6 Å². The van der Waals surface area contributed by atoms with Crippen LogP contribution >= 0.6 is 0 Å². The van der Waals surface area contributed by atoms with Gasteiger partial charge in [-0.25, -0.2) is 0 Å². The van der Waals surface area contributed by atoms with E-state index >= 15 is 0 Å². The molecular weight excluding hydrogens is 294 g/mol. The van der Waals surface area contributed by atoms with Crippen molar-refractivity contribution < 1.29 is 14.2 Å². The summed E-state index contributed by atoms with van der Waals surface area (Å²) in [5, 5.41) is 6.58. The maximum absolute atomic E-state index is 5.73. The van der Waals surface area contributed by atoms with Gasteiger partial charge in [0, 0.05) is 33.4 Å². The highest BCUT2D eigenvalue weighted by Crippen LogP contribution is 2.11. The van der Waals surface area contributed by atoms with Crippen LogP contribution in [0.5, 0.6) is 5.75 Å². The second kappa shape index (κ2) is 10.1. The van der Waals surface area contributed by atoms with Gasteiger partial charge in [0.05, 0.1) is 19.8 Å². The molecule has 6 heteroatoms. The summed E-state index contributed by atoms with van der Waals surface area (Å²) in [7, 11) is 3.44. The third-order valence-electron chi connectivity index (χ3n) is 3.70. The van der Waals surface area contributed by atoms with E-state index in [-0.39, 0.29) is 6.10 Å². The van der Waals surface area contributed by atoms with Crippen molar-refractivity contribution in [1.29, 1.82) is 0 Å². The number of aliphatic imine (C=N–C) groups is 1. The fourth-order valence-electron chi connectivity index (χ4n) is 2.32. The predicted molar refractivity (Wildman–Crippen MR) is 91.0 cm³/mol. The Labute approximate surface area is 138 Å². The largest absolute Gasteiger partial charge is 0.497 e. The minimum Gasteiger partial charge on any atom is -0.497 e. The fourth-order valence-corrected chi connectivity index (χ4v) is 2.32. The smallest absolute Gasteiger partial charge is 0.191 e. The molecule has 1 aliphatic heterocycles. The number of hydrogen-bond donors (Lipinski definition) is 2. The third kappa shape index (κ3) is 6.46. The van der Waals surface area contributed by atoms with Gasteiger partial charge in [-0.1, -0.05) is 12.1 Å². The van der Waals surface area contributed by atoms with Gasteiger partial charge in [-0.05, 0) is 30.5 Å². The maximum Gasteiger partial charge on any atom is 0.191 e. The summed E-state index contributed by atoms with van der Waals surface area (Å²) in [5.41, 5.74) is 1.18. The number of methoxy groups -OCH3 is 1. The van der Waals surface area contributed by atoms with Crippen LogP contribution in [0.25, 0.3) is 0 Å². The Kier molecular flexibility index (Phi) is 7.69. The van der Waals surface area contributed by atoms with E-state index in [0.717, 1.165) is 57.5 Å². The lowest BCUT2D eigenvalue weighted by Gasteiger charge is -2.13. The Morgan fingerprint density at radius 2 is 2.13 bits per heavy atom. The summed E-state index contributed by atoms with van der Waals surface area (Å²) in [5.74, 6) is 1.66. The number of rotatable bonds is 8. The molecular formula is C17H27N3O3. The van der Waals surface area contributed by atoms with Crippen molar-refractivity contribution in [2.24, 2.45) is 4.99 Å². The average Bonchev–Trinajstić information content (AvgIpc) is 3.11. The second-order valence-corrected chi connectivity index (χ2v) is 5.41. The van der Waals surface area contributed by atoms with Crippen molar-refractivity contribution in [3.8, 4) is 5.75 Å². The normalized spacial score (nSPS) is 18.0. The number of benzene rings is 1. The van der Waals surface area contributed by atoms with Gasteiger partial charge in [0.25, 0.3) is 0 Å². The van der Waals surface area contributed by atoms with Gasteiger partial charge < -0.3 is 24.8 Å². The van der Waals surface area contributed by atoms with Gasteiger partial charge in [0.15, 0.2) is 5.96 Å². The summed E-state index contributed by atoms with van der Waals surface area (Å²) in [6.45, 7) is 3.86. The molecule has 0 spiro atoms. The third-order valence-corrected chi connectivity index (χ3v) is 3.70. The molecule has 2 N–H and O–H groups in total. The summed E-state index contributed by atoms with van der Waals surface area (Å²) in [4.78, 5) is 4.22. The van der Waals surface area contributed by atoms with Gasteiger partial charge in [0.1, 0.15) is 5.75 Å². The highest BCUT2D eigenvalue weighted by Gasteiger charge is 2.15. The standard InChI is InChI=1S/C17H27N3O3/c1-18-17(19-9-3-10-23-16-8-11-22-13-16)20-12-14-4-6-15(21-2)7-5-14/h4-7,16H,3,8-13H2,1-2H3,(H2,18,19,20). The van der Waals surface area contributed by atoms with Crippen molar-refractivity contribution >= 4 is 5.96 Å². The Hall–Kier alpha value is -1.79. The Morgan fingerprint density at radius 3 is 2.78 bits per heavy atom. The highest BCUT2D eigenvalue weighted by molar-refractivity contribution is 5.79. The van der Waals surface area contributed by atoms with E-state index in [1.807, 2.05) is 24.3 Å². The molecule has 0 aromatic heterocycles. The maximum atomic E-state index is 5.73. The van der Waals surface area contributed by atoms with Crippen molar-refractivity contribution in [2.45, 2.75) is 25.5 Å². The lowest BCUT2D eigenvalue weighted by molar-refractivity contribution is 0.0420. The predicted octanol–water partition coefficient (Wildman–Crippen LogP) is 1.56. The molecule has 0 radical (unpaired) electrons. The van der Waals surface area contributed by atoms with Gasteiger partial charge in [-0.3, -0.25) is 4.99 Å². The van der Waals surface area contributed by atoms with Crippen LogP contribution in [0.15, 0.2) is 29.3 Å². The second-order valence-electron chi connectivity index (χ2n) is 5.41. The quantitative estimate of drug-likeness (QED) is 0.432. The van der Waals surface area contributed by atoms with Crippen LogP contribution in [0.2, 0.25) is 0 Å². The van der Waals surface area contributed by atoms with Crippen LogP contribution in [-0.4, -0.2) is 52.6 Å². The SMILES string of the molecule is CN=C(NCCCOC1CCOC1)NCc1ccc(OC)cc1. The molecule has 1 aromatic carbocycles. The average molecular weight is 321 g/mol. The van der Waals surface area contributed by atoms with E-state index in [4.69, 9.17) is 14.2 Å². The van der Waals surface area contributed by atoms with E-state index in [0.29, 0.717) is 0 Å². The number of nitrogens with one attached hydrogen (secondary N) is 2. The summed E-state index contributed by atoms with van der Waals surface area (Å²) in [6.07, 6.45) is 2.24. The first kappa shape index (κ1) is 17.6. The van der Waals surface area contributed by atoms with Crippen molar-refractivity contribution in [3.05, 3.63) is 29.8 Å². The Balaban J connectivity index is 1.58. The molecule has 1 saturated heterocycles. The summed E-state index contributed by atoms with van der Waals surface area (Å²) in [6, 6.07) is 7.99. The molecule has 6 nitrogen and oxygen atoms in total. The van der Waals surface area contributed by atoms with Crippen LogP contribution < -0.4 is 15.4 Å². The molecule has 1 aromatic rings. The minimum atomic E-state index is 0.280. The van der Waals surface area contributed by atoms with Gasteiger partial charge in [0.2, 0.25) is 0 Å². The molecule has 1 fully saturated rings. The molecule has 1 atom stereocenters. The molecule has 128 valence electrons. The molecule has 1 aliphatic rings. The van der Waals surface area contributed by atoms with Gasteiger partial charge >= 0.3 is 0 Å². The first-order chi connectivity index (χ1) is 11.3. The van der Waals surface area contributed by atoms with Crippen LogP contribution in [0.1, 0.15) is 18.4 Å². The van der Waals surface area contributed by atoms with Crippen LogP contribution in [0, 0.1) is 0 Å². The first-order valence-corrected chi connectivity index (χ1v) is 8.08. The van der Waals surface area contributed by atoms with E-state index < -0.39 is 0 Å². The van der Waals surface area contributed by atoms with Crippen LogP contribution in [0.3, 0.4) is 0 Å². The topological polar surface area (TPSA) is 64.1 Å². The molecule has 2 rings (SSSR count). The molecule has 0 bridgehead atoms. The van der Waals surface area contributed by atoms with Crippen LogP contribution in [0.4, 0.5) is 0 Å². The number of ether oxygens (including phenoxy) is 3. The minimum absolute atomic E-state index is 0.280. The summed E-state index contributed by atoms with van der Waals surface area (Å²) < 4.78 is 16.2. The molecule has 1 heterocycles. The molecule has 1 unspecified atom stereocenters. The van der Waals surface area contributed by atoms with E-state index in [1.165, 1.54) is 5.56 Å². The van der Waals surface area contributed by atoms with E-state index in [1.54, 1.807) is 14.2 Å². The molecule has 0 saturated carbocycles. The number of nitrogens with zero attached hydrogens (tertiary/aromatic N) is 1. The molecule has 0 amide bonds. The van der Waals surface area contributed by atoms with Gasteiger partial charge in [-0.15, -0.1) is 0 Å². The number of hydrogen-bond acceptors (Lipinski definition) is 4. The summed E-state index contributed by atoms with van der Waals surface area (Å²) >= 11 is 0. The zero-order chi connectivity index (χ0) is 16.3. The first-order valence-electron chi connectivity index (χ1n) is 8.08. The van der Waals surface area contributed by atoms with Crippen LogP contribution in [-0.2, 0) is 16.0 Å². The van der Waals surface area contributed by atoms with Crippen molar-refractivity contribution in [3.63, 3.8) is 0 Å². The molecule has 0 aliphatic carbocycles. The Morgan fingerprint density at radius 1 is 1.30 bits per heavy atom.